The van der Waals surface area contributed by atoms with Crippen LogP contribution in [-0.4, -0.2) is 30.6 Å². The van der Waals surface area contributed by atoms with E-state index in [0.29, 0.717) is 13.0 Å². The Morgan fingerprint density at radius 3 is 2.53 bits per heavy atom. The summed E-state index contributed by atoms with van der Waals surface area (Å²) in [4.78, 5) is 10.8. The van der Waals surface area contributed by atoms with Gasteiger partial charge in [0, 0.05) is 0 Å². The summed E-state index contributed by atoms with van der Waals surface area (Å²) in [5.41, 5.74) is 0. The average Bonchev–Trinajstić information content (AvgIpc) is 2.38. The average molecular weight is 272 g/mol. The molecule has 0 aliphatic carbocycles. The zero-order chi connectivity index (χ0) is 14.3. The standard InChI is InChI=1S/C15H28O4/c1-3-5-6-7-8-11-14(16)12-9-10-13-19-15(17)18-4-2/h9-10,14,16H,3-8,11-13H2,1-2H3/b10-9+/t14-/m0/s1. The van der Waals surface area contributed by atoms with E-state index >= 15 is 0 Å². The second-order valence-electron chi connectivity index (χ2n) is 4.56. The summed E-state index contributed by atoms with van der Waals surface area (Å²) < 4.78 is 9.37. The molecule has 1 N–H and O–H groups in total. The summed E-state index contributed by atoms with van der Waals surface area (Å²) in [7, 11) is 0. The molecule has 0 fully saturated rings. The third kappa shape index (κ3) is 13.2. The molecule has 0 amide bonds. The monoisotopic (exact) mass is 272 g/mol. The van der Waals surface area contributed by atoms with Crippen molar-refractivity contribution in [2.75, 3.05) is 13.2 Å². The van der Waals surface area contributed by atoms with Crippen LogP contribution in [0.15, 0.2) is 12.2 Å². The zero-order valence-corrected chi connectivity index (χ0v) is 12.3. The van der Waals surface area contributed by atoms with Gasteiger partial charge in [-0.2, -0.15) is 0 Å². The van der Waals surface area contributed by atoms with Gasteiger partial charge in [-0.3, -0.25) is 0 Å². The summed E-state index contributed by atoms with van der Waals surface area (Å²) in [6, 6.07) is 0. The Kier molecular flexibility index (Phi) is 12.7. The van der Waals surface area contributed by atoms with Crippen LogP contribution in [0.4, 0.5) is 4.79 Å². The fourth-order valence-corrected chi connectivity index (χ4v) is 1.70. The minimum Gasteiger partial charge on any atom is -0.435 e. The van der Waals surface area contributed by atoms with Gasteiger partial charge in [0.05, 0.1) is 12.7 Å². The lowest BCUT2D eigenvalue weighted by molar-refractivity contribution is 0.0672. The van der Waals surface area contributed by atoms with Gasteiger partial charge < -0.3 is 14.6 Å². The number of hydrogen-bond donors (Lipinski definition) is 1. The Labute approximate surface area is 116 Å². The van der Waals surface area contributed by atoms with E-state index in [0.717, 1.165) is 12.8 Å². The van der Waals surface area contributed by atoms with Gasteiger partial charge in [0.2, 0.25) is 0 Å². The van der Waals surface area contributed by atoms with E-state index in [1.165, 1.54) is 25.7 Å². The molecule has 4 nitrogen and oxygen atoms in total. The smallest absolute Gasteiger partial charge is 0.435 e. The molecule has 1 atom stereocenters. The van der Waals surface area contributed by atoms with Crippen molar-refractivity contribution in [3.63, 3.8) is 0 Å². The quantitative estimate of drug-likeness (QED) is 0.353. The number of aliphatic hydroxyl groups is 1. The first-order valence-corrected chi connectivity index (χ1v) is 7.33. The van der Waals surface area contributed by atoms with Gasteiger partial charge in [0.1, 0.15) is 6.61 Å². The molecule has 0 radical (unpaired) electrons. The molecule has 4 heteroatoms. The summed E-state index contributed by atoms with van der Waals surface area (Å²) in [6.07, 6.45) is 10.1. The number of aliphatic hydroxyl groups excluding tert-OH is 1. The Balaban J connectivity index is 3.40. The van der Waals surface area contributed by atoms with Crippen molar-refractivity contribution in [3.05, 3.63) is 12.2 Å². The van der Waals surface area contributed by atoms with Crippen LogP contribution in [0.5, 0.6) is 0 Å². The molecule has 19 heavy (non-hydrogen) atoms. The highest BCUT2D eigenvalue weighted by atomic mass is 16.7. The topological polar surface area (TPSA) is 55.8 Å². The van der Waals surface area contributed by atoms with Gasteiger partial charge in [-0.05, 0) is 19.8 Å². The van der Waals surface area contributed by atoms with Crippen molar-refractivity contribution in [3.8, 4) is 0 Å². The van der Waals surface area contributed by atoms with Crippen LogP contribution in [0, 0.1) is 0 Å². The predicted molar refractivity (Wildman–Crippen MR) is 76.1 cm³/mol. The Bertz CT molecular complexity index is 238. The highest BCUT2D eigenvalue weighted by molar-refractivity contribution is 5.59. The Morgan fingerprint density at radius 2 is 1.84 bits per heavy atom. The first-order valence-electron chi connectivity index (χ1n) is 7.33. The first-order chi connectivity index (χ1) is 9.20. The van der Waals surface area contributed by atoms with Gasteiger partial charge >= 0.3 is 6.16 Å². The van der Waals surface area contributed by atoms with Crippen LogP contribution in [0.25, 0.3) is 0 Å². The predicted octanol–water partition coefficient (Wildman–Crippen LogP) is 3.83. The Hall–Kier alpha value is -1.03. The molecule has 0 saturated heterocycles. The van der Waals surface area contributed by atoms with E-state index < -0.39 is 6.16 Å². The minimum atomic E-state index is -0.649. The highest BCUT2D eigenvalue weighted by Gasteiger charge is 2.02. The molecule has 0 saturated carbocycles. The Morgan fingerprint density at radius 1 is 1.11 bits per heavy atom. The van der Waals surface area contributed by atoms with Crippen molar-refractivity contribution >= 4 is 6.16 Å². The number of ether oxygens (including phenoxy) is 2. The molecule has 0 aliphatic rings. The largest absolute Gasteiger partial charge is 0.508 e. The van der Waals surface area contributed by atoms with E-state index in [1.807, 2.05) is 6.08 Å². The molecule has 112 valence electrons. The molecule has 0 aromatic rings. The maximum absolute atomic E-state index is 10.8. The summed E-state index contributed by atoms with van der Waals surface area (Å²) in [5.74, 6) is 0. The number of unbranched alkanes of at least 4 members (excludes halogenated alkanes) is 4. The van der Waals surface area contributed by atoms with Crippen LogP contribution < -0.4 is 0 Å². The van der Waals surface area contributed by atoms with Gasteiger partial charge in [-0.25, -0.2) is 4.79 Å². The van der Waals surface area contributed by atoms with Gasteiger partial charge in [-0.15, -0.1) is 0 Å². The van der Waals surface area contributed by atoms with Crippen LogP contribution in [0.3, 0.4) is 0 Å². The third-order valence-electron chi connectivity index (χ3n) is 2.78. The second kappa shape index (κ2) is 13.4. The SMILES string of the molecule is CCCCCCC[C@H](O)C/C=C/COC(=O)OCC. The molecular weight excluding hydrogens is 244 g/mol. The molecule has 0 aliphatic heterocycles. The third-order valence-corrected chi connectivity index (χ3v) is 2.78. The van der Waals surface area contributed by atoms with Crippen molar-refractivity contribution in [1.29, 1.82) is 0 Å². The van der Waals surface area contributed by atoms with E-state index in [2.05, 4.69) is 11.7 Å². The zero-order valence-electron chi connectivity index (χ0n) is 12.3. The van der Waals surface area contributed by atoms with E-state index in [-0.39, 0.29) is 12.7 Å². The number of hydrogen-bond acceptors (Lipinski definition) is 4. The first kappa shape index (κ1) is 18.0. The molecule has 0 bridgehead atoms. The molecule has 0 unspecified atom stereocenters. The van der Waals surface area contributed by atoms with Gasteiger partial charge in [0.25, 0.3) is 0 Å². The van der Waals surface area contributed by atoms with Crippen molar-refractivity contribution in [2.45, 2.75) is 64.9 Å². The van der Waals surface area contributed by atoms with Crippen molar-refractivity contribution in [2.24, 2.45) is 0 Å². The molecule has 0 aromatic heterocycles. The number of rotatable bonds is 11. The van der Waals surface area contributed by atoms with E-state index in [9.17, 15) is 9.90 Å². The van der Waals surface area contributed by atoms with Crippen LogP contribution in [0.1, 0.15) is 58.8 Å². The molecule has 0 rings (SSSR count). The maximum atomic E-state index is 10.8. The molecular formula is C15H28O4. The maximum Gasteiger partial charge on any atom is 0.508 e. The summed E-state index contributed by atoms with van der Waals surface area (Å²) >= 11 is 0. The second-order valence-corrected chi connectivity index (χ2v) is 4.56. The van der Waals surface area contributed by atoms with E-state index in [4.69, 9.17) is 4.74 Å². The lowest BCUT2D eigenvalue weighted by Crippen LogP contribution is -2.07. The molecule has 0 aromatic carbocycles. The summed E-state index contributed by atoms with van der Waals surface area (Å²) in [5, 5.41) is 9.71. The van der Waals surface area contributed by atoms with Gasteiger partial charge in [-0.1, -0.05) is 51.2 Å². The lowest BCUT2D eigenvalue weighted by Gasteiger charge is -2.07. The molecule has 0 heterocycles. The van der Waals surface area contributed by atoms with Crippen LogP contribution in [-0.2, 0) is 9.47 Å². The fourth-order valence-electron chi connectivity index (χ4n) is 1.70. The number of carbonyl (C=O) groups excluding carboxylic acids is 1. The fraction of sp³-hybridized carbons (Fsp3) is 0.800. The minimum absolute atomic E-state index is 0.196. The highest BCUT2D eigenvalue weighted by Crippen LogP contribution is 2.09. The van der Waals surface area contributed by atoms with Gasteiger partial charge in [0.15, 0.2) is 0 Å². The normalized spacial score (nSPS) is 12.6. The summed E-state index contributed by atoms with van der Waals surface area (Å²) in [6.45, 7) is 4.44. The van der Waals surface area contributed by atoms with Crippen LogP contribution in [0.2, 0.25) is 0 Å². The number of carbonyl (C=O) groups is 1. The van der Waals surface area contributed by atoms with E-state index in [1.54, 1.807) is 13.0 Å². The molecule has 0 spiro atoms. The lowest BCUT2D eigenvalue weighted by atomic mass is 10.1. The van der Waals surface area contributed by atoms with Crippen LogP contribution >= 0.6 is 0 Å². The van der Waals surface area contributed by atoms with Crippen molar-refractivity contribution < 1.29 is 19.4 Å². The van der Waals surface area contributed by atoms with Crippen molar-refractivity contribution in [1.82, 2.24) is 0 Å².